The summed E-state index contributed by atoms with van der Waals surface area (Å²) < 4.78 is 36.9. The van der Waals surface area contributed by atoms with Gasteiger partial charge in [-0.05, 0) is 31.1 Å². The van der Waals surface area contributed by atoms with Crippen LogP contribution in [-0.2, 0) is 0 Å². The summed E-state index contributed by atoms with van der Waals surface area (Å²) in [5.74, 6) is -1.04. The van der Waals surface area contributed by atoms with Gasteiger partial charge in [0.25, 0.3) is 0 Å². The van der Waals surface area contributed by atoms with Crippen LogP contribution in [0.25, 0.3) is 0 Å². The van der Waals surface area contributed by atoms with Gasteiger partial charge in [0, 0.05) is 0 Å². The molecule has 13 heavy (non-hydrogen) atoms. The lowest BCUT2D eigenvalue weighted by atomic mass is 9.70. The molecular weight excluding hydrogens is 177 g/mol. The van der Waals surface area contributed by atoms with Crippen molar-refractivity contribution in [2.45, 2.75) is 52.1 Å². The summed E-state index contributed by atoms with van der Waals surface area (Å²) >= 11 is 0. The fourth-order valence-corrected chi connectivity index (χ4v) is 2.00. The van der Waals surface area contributed by atoms with Crippen molar-refractivity contribution < 1.29 is 13.2 Å². The Morgan fingerprint density at radius 3 is 2.00 bits per heavy atom. The summed E-state index contributed by atoms with van der Waals surface area (Å²) in [6.45, 7) is 4.16. The maximum absolute atomic E-state index is 12.3. The highest BCUT2D eigenvalue weighted by Gasteiger charge is 2.43. The van der Waals surface area contributed by atoms with Crippen LogP contribution in [0.4, 0.5) is 13.2 Å². The molecular formula is C10H17F3. The minimum Gasteiger partial charge on any atom is -0.171 e. The Morgan fingerprint density at radius 1 is 1.23 bits per heavy atom. The average molecular weight is 194 g/mol. The van der Waals surface area contributed by atoms with Crippen LogP contribution < -0.4 is 0 Å². The van der Waals surface area contributed by atoms with Gasteiger partial charge in [0.15, 0.2) is 0 Å². The van der Waals surface area contributed by atoms with E-state index in [1.54, 1.807) is 0 Å². The molecule has 0 bridgehead atoms. The molecule has 0 aliphatic heterocycles. The Labute approximate surface area is 77.5 Å². The van der Waals surface area contributed by atoms with Gasteiger partial charge >= 0.3 is 6.18 Å². The molecule has 1 fully saturated rings. The lowest BCUT2D eigenvalue weighted by molar-refractivity contribution is -0.187. The Kier molecular flexibility index (Phi) is 2.93. The summed E-state index contributed by atoms with van der Waals surface area (Å²) in [6.07, 6.45) is -0.852. The molecule has 1 aliphatic carbocycles. The monoisotopic (exact) mass is 194 g/mol. The molecule has 0 aromatic carbocycles. The smallest absolute Gasteiger partial charge is 0.171 e. The Morgan fingerprint density at radius 2 is 1.69 bits per heavy atom. The Hall–Kier alpha value is -0.210. The lowest BCUT2D eigenvalue weighted by Crippen LogP contribution is -2.31. The molecule has 0 aromatic heterocycles. The number of rotatable bonds is 1. The van der Waals surface area contributed by atoms with Crippen molar-refractivity contribution in [3.63, 3.8) is 0 Å². The van der Waals surface area contributed by atoms with Gasteiger partial charge in [-0.3, -0.25) is 0 Å². The van der Waals surface area contributed by atoms with Gasteiger partial charge in [0.1, 0.15) is 0 Å². The van der Waals surface area contributed by atoms with Crippen molar-refractivity contribution in [1.82, 2.24) is 0 Å². The summed E-state index contributed by atoms with van der Waals surface area (Å²) in [7, 11) is 0. The molecule has 0 saturated heterocycles. The highest BCUT2D eigenvalue weighted by molar-refractivity contribution is 4.83. The number of halogens is 3. The number of hydrogen-bond acceptors (Lipinski definition) is 0. The summed E-state index contributed by atoms with van der Waals surface area (Å²) in [5.41, 5.74) is 0.168. The zero-order chi connectivity index (χ0) is 10.1. The first-order valence-electron chi connectivity index (χ1n) is 4.94. The van der Waals surface area contributed by atoms with Crippen LogP contribution in [0.1, 0.15) is 46.0 Å². The van der Waals surface area contributed by atoms with Gasteiger partial charge in [-0.2, -0.15) is 13.2 Å². The quantitative estimate of drug-likeness (QED) is 0.588. The molecule has 0 radical (unpaired) electrons. The van der Waals surface area contributed by atoms with Crippen LogP contribution in [0.5, 0.6) is 0 Å². The van der Waals surface area contributed by atoms with Crippen molar-refractivity contribution in [3.8, 4) is 0 Å². The predicted octanol–water partition coefficient (Wildman–Crippen LogP) is 4.16. The lowest BCUT2D eigenvalue weighted by Gasteiger charge is -2.37. The SMILES string of the molecule is CC[C@]1(C)CC[C@H](C(F)(F)F)CC1. The molecule has 0 atom stereocenters. The van der Waals surface area contributed by atoms with E-state index in [2.05, 4.69) is 13.8 Å². The fourth-order valence-electron chi connectivity index (χ4n) is 2.00. The van der Waals surface area contributed by atoms with E-state index < -0.39 is 12.1 Å². The first-order chi connectivity index (χ1) is 5.87. The maximum Gasteiger partial charge on any atom is 0.391 e. The predicted molar refractivity (Wildman–Crippen MR) is 46.4 cm³/mol. The molecule has 3 heteroatoms. The van der Waals surface area contributed by atoms with E-state index in [0.717, 1.165) is 19.3 Å². The summed E-state index contributed by atoms with van der Waals surface area (Å²) in [5, 5.41) is 0. The van der Waals surface area contributed by atoms with Crippen molar-refractivity contribution in [2.75, 3.05) is 0 Å². The topological polar surface area (TPSA) is 0 Å². The van der Waals surface area contributed by atoms with Gasteiger partial charge in [0.2, 0.25) is 0 Å². The normalized spacial score (nSPS) is 36.2. The van der Waals surface area contributed by atoms with Crippen LogP contribution in [0, 0.1) is 11.3 Å². The third-order valence-corrected chi connectivity index (χ3v) is 3.51. The molecule has 0 unspecified atom stereocenters. The Balaban J connectivity index is 2.48. The van der Waals surface area contributed by atoms with Crippen LogP contribution in [0.2, 0.25) is 0 Å². The number of alkyl halides is 3. The third kappa shape index (κ3) is 2.61. The number of hydrogen-bond donors (Lipinski definition) is 0. The van der Waals surface area contributed by atoms with Gasteiger partial charge in [-0.15, -0.1) is 0 Å². The second kappa shape index (κ2) is 3.50. The first-order valence-corrected chi connectivity index (χ1v) is 4.94. The molecule has 0 spiro atoms. The first kappa shape index (κ1) is 10.9. The molecule has 0 N–H and O–H groups in total. The van der Waals surface area contributed by atoms with Gasteiger partial charge in [-0.1, -0.05) is 20.3 Å². The van der Waals surface area contributed by atoms with Crippen LogP contribution >= 0.6 is 0 Å². The summed E-state index contributed by atoms with van der Waals surface area (Å²) in [6, 6.07) is 0. The molecule has 0 aromatic rings. The van der Waals surface area contributed by atoms with Crippen molar-refractivity contribution in [3.05, 3.63) is 0 Å². The second-order valence-electron chi connectivity index (χ2n) is 4.48. The minimum absolute atomic E-state index is 0.168. The van der Waals surface area contributed by atoms with Crippen LogP contribution in [0.15, 0.2) is 0 Å². The fraction of sp³-hybridized carbons (Fsp3) is 1.00. The van der Waals surface area contributed by atoms with Crippen LogP contribution in [0.3, 0.4) is 0 Å². The van der Waals surface area contributed by atoms with Gasteiger partial charge in [0.05, 0.1) is 5.92 Å². The Bertz CT molecular complexity index is 163. The highest BCUT2D eigenvalue weighted by atomic mass is 19.4. The molecule has 0 heterocycles. The molecule has 0 amide bonds. The van der Waals surface area contributed by atoms with E-state index in [1.165, 1.54) is 0 Å². The minimum atomic E-state index is -3.96. The van der Waals surface area contributed by atoms with E-state index >= 15 is 0 Å². The van der Waals surface area contributed by atoms with E-state index in [-0.39, 0.29) is 5.41 Å². The van der Waals surface area contributed by atoms with E-state index in [9.17, 15) is 13.2 Å². The molecule has 1 rings (SSSR count). The van der Waals surface area contributed by atoms with E-state index in [0.29, 0.717) is 12.8 Å². The van der Waals surface area contributed by atoms with Crippen molar-refractivity contribution in [1.29, 1.82) is 0 Å². The zero-order valence-electron chi connectivity index (χ0n) is 8.25. The van der Waals surface area contributed by atoms with Crippen LogP contribution in [-0.4, -0.2) is 6.18 Å². The molecule has 0 nitrogen and oxygen atoms in total. The van der Waals surface area contributed by atoms with E-state index in [1.807, 2.05) is 0 Å². The second-order valence-corrected chi connectivity index (χ2v) is 4.48. The molecule has 1 saturated carbocycles. The third-order valence-electron chi connectivity index (χ3n) is 3.51. The molecule has 1 aliphatic rings. The maximum atomic E-state index is 12.3. The standard InChI is InChI=1S/C10H17F3/c1-3-9(2)6-4-8(5-7-9)10(11,12)13/h8H,3-7H2,1-2H3/t8-,9+. The van der Waals surface area contributed by atoms with Crippen molar-refractivity contribution >= 4 is 0 Å². The van der Waals surface area contributed by atoms with Crippen molar-refractivity contribution in [2.24, 2.45) is 11.3 Å². The zero-order valence-corrected chi connectivity index (χ0v) is 8.25. The average Bonchev–Trinajstić information content (AvgIpc) is 2.04. The van der Waals surface area contributed by atoms with E-state index in [4.69, 9.17) is 0 Å². The highest BCUT2D eigenvalue weighted by Crippen LogP contribution is 2.46. The van der Waals surface area contributed by atoms with Gasteiger partial charge in [-0.25, -0.2) is 0 Å². The van der Waals surface area contributed by atoms with Gasteiger partial charge < -0.3 is 0 Å². The largest absolute Gasteiger partial charge is 0.391 e. The summed E-state index contributed by atoms with van der Waals surface area (Å²) in [4.78, 5) is 0. The molecule has 78 valence electrons.